The number of benzene rings is 3. The van der Waals surface area contributed by atoms with E-state index in [1.165, 1.54) is 16.7 Å². The molecule has 4 aromatic rings. The Hall–Kier alpha value is -3.80. The Labute approximate surface area is 212 Å². The van der Waals surface area contributed by atoms with Crippen LogP contribution in [-0.2, 0) is 17.9 Å². The van der Waals surface area contributed by atoms with Gasteiger partial charge in [-0.15, -0.1) is 0 Å². The average molecular weight is 483 g/mol. The molecule has 0 saturated carbocycles. The van der Waals surface area contributed by atoms with Gasteiger partial charge in [0.2, 0.25) is 11.9 Å². The van der Waals surface area contributed by atoms with Crippen molar-refractivity contribution in [3.8, 4) is 5.75 Å². The molecule has 3 aromatic carbocycles. The second-order valence-corrected chi connectivity index (χ2v) is 9.75. The zero-order valence-electron chi connectivity index (χ0n) is 21.3. The molecule has 1 fully saturated rings. The van der Waals surface area contributed by atoms with Crippen LogP contribution in [0.5, 0.6) is 5.75 Å². The molecule has 1 amide bonds. The minimum absolute atomic E-state index is 0.0173. The van der Waals surface area contributed by atoms with Crippen molar-refractivity contribution in [2.24, 2.45) is 5.92 Å². The van der Waals surface area contributed by atoms with Crippen LogP contribution in [0, 0.1) is 19.8 Å². The number of nitrogens with one attached hydrogen (secondary N) is 1. The second-order valence-electron chi connectivity index (χ2n) is 9.75. The van der Waals surface area contributed by atoms with Gasteiger partial charge in [0.1, 0.15) is 5.75 Å². The predicted octanol–water partition coefficient (Wildman–Crippen LogP) is 5.24. The maximum atomic E-state index is 12.9. The van der Waals surface area contributed by atoms with Gasteiger partial charge in [-0.2, -0.15) is 0 Å². The van der Waals surface area contributed by atoms with Gasteiger partial charge in [-0.25, -0.2) is 4.98 Å². The monoisotopic (exact) mass is 482 g/mol. The third-order valence-corrected chi connectivity index (χ3v) is 7.22. The highest BCUT2D eigenvalue weighted by Crippen LogP contribution is 2.29. The van der Waals surface area contributed by atoms with Crippen molar-refractivity contribution in [1.29, 1.82) is 0 Å². The summed E-state index contributed by atoms with van der Waals surface area (Å²) in [7, 11) is 1.65. The highest BCUT2D eigenvalue weighted by atomic mass is 16.5. The van der Waals surface area contributed by atoms with E-state index in [1.54, 1.807) is 7.11 Å². The summed E-state index contributed by atoms with van der Waals surface area (Å²) in [5, 5.41) is 3.12. The maximum Gasteiger partial charge on any atom is 0.223 e. The molecule has 0 aliphatic carbocycles. The number of ether oxygens (including phenoxy) is 1. The van der Waals surface area contributed by atoms with Crippen molar-refractivity contribution in [2.75, 3.05) is 25.1 Å². The number of imidazole rings is 1. The van der Waals surface area contributed by atoms with Crippen molar-refractivity contribution in [2.45, 2.75) is 39.8 Å². The van der Waals surface area contributed by atoms with Gasteiger partial charge in [0.05, 0.1) is 24.7 Å². The Morgan fingerprint density at radius 2 is 1.83 bits per heavy atom. The summed E-state index contributed by atoms with van der Waals surface area (Å²) < 4.78 is 7.62. The normalized spacial score (nSPS) is 14.2. The fourth-order valence-corrected chi connectivity index (χ4v) is 5.06. The molecule has 0 atom stereocenters. The summed E-state index contributed by atoms with van der Waals surface area (Å²) >= 11 is 0. The molecule has 0 unspecified atom stereocenters. The first-order chi connectivity index (χ1) is 17.5. The number of amides is 1. The van der Waals surface area contributed by atoms with E-state index in [0.717, 1.165) is 60.8 Å². The first-order valence-electron chi connectivity index (χ1n) is 12.7. The van der Waals surface area contributed by atoms with Gasteiger partial charge in [0.25, 0.3) is 0 Å². The number of rotatable bonds is 7. The average Bonchev–Trinajstić information content (AvgIpc) is 3.28. The SMILES string of the molecule is COc1cccc(CNC(=O)C2CCN(c3nc4ccccc4n3Cc3cc(C)ccc3C)CC2)c1. The van der Waals surface area contributed by atoms with E-state index in [1.807, 2.05) is 30.3 Å². The molecule has 6 nitrogen and oxygen atoms in total. The number of hydrogen-bond acceptors (Lipinski definition) is 4. The highest BCUT2D eigenvalue weighted by Gasteiger charge is 2.27. The summed E-state index contributed by atoms with van der Waals surface area (Å²) in [5.74, 6) is 1.94. The number of nitrogens with zero attached hydrogens (tertiary/aromatic N) is 3. The standard InChI is InChI=1S/C30H34N4O2/c1-21-11-12-22(2)25(17-21)20-34-28-10-5-4-9-27(28)32-30(34)33-15-13-24(14-16-33)29(35)31-19-23-7-6-8-26(18-23)36-3/h4-12,17-18,24H,13-16,19-20H2,1-3H3,(H,31,35). The van der Waals surface area contributed by atoms with E-state index in [-0.39, 0.29) is 11.8 Å². The molecule has 1 aliphatic heterocycles. The molecule has 1 saturated heterocycles. The molecule has 186 valence electrons. The van der Waals surface area contributed by atoms with Crippen LogP contribution in [0.4, 0.5) is 5.95 Å². The van der Waals surface area contributed by atoms with Gasteiger partial charge in [-0.3, -0.25) is 4.79 Å². The Morgan fingerprint density at radius 1 is 1.03 bits per heavy atom. The van der Waals surface area contributed by atoms with Crippen molar-refractivity contribution >= 4 is 22.9 Å². The van der Waals surface area contributed by atoms with Crippen LogP contribution >= 0.6 is 0 Å². The number of piperidine rings is 1. The highest BCUT2D eigenvalue weighted by molar-refractivity contribution is 5.80. The van der Waals surface area contributed by atoms with E-state index in [0.29, 0.717) is 6.54 Å². The lowest BCUT2D eigenvalue weighted by atomic mass is 9.96. The topological polar surface area (TPSA) is 59.4 Å². The van der Waals surface area contributed by atoms with Gasteiger partial charge < -0.3 is 19.5 Å². The zero-order chi connectivity index (χ0) is 25.1. The largest absolute Gasteiger partial charge is 0.497 e. The summed E-state index contributed by atoms with van der Waals surface area (Å²) in [5.41, 5.74) is 7.06. The van der Waals surface area contributed by atoms with Crippen LogP contribution in [0.15, 0.2) is 66.7 Å². The van der Waals surface area contributed by atoms with E-state index >= 15 is 0 Å². The fourth-order valence-electron chi connectivity index (χ4n) is 5.06. The number of carbonyl (C=O) groups is 1. The number of methoxy groups -OCH3 is 1. The molecule has 0 spiro atoms. The zero-order valence-corrected chi connectivity index (χ0v) is 21.3. The lowest BCUT2D eigenvalue weighted by Gasteiger charge is -2.32. The first kappa shape index (κ1) is 23.9. The Morgan fingerprint density at radius 3 is 2.64 bits per heavy atom. The van der Waals surface area contributed by atoms with E-state index in [9.17, 15) is 4.79 Å². The van der Waals surface area contributed by atoms with Gasteiger partial charge in [0, 0.05) is 25.6 Å². The summed E-state index contributed by atoms with van der Waals surface area (Å²) in [6.45, 7) is 7.23. The molecule has 1 aromatic heterocycles. The van der Waals surface area contributed by atoms with Crippen molar-refractivity contribution in [3.63, 3.8) is 0 Å². The van der Waals surface area contributed by atoms with E-state index in [4.69, 9.17) is 9.72 Å². The molecular formula is C30H34N4O2. The molecule has 1 aliphatic rings. The summed E-state index contributed by atoms with van der Waals surface area (Å²) in [4.78, 5) is 20.3. The van der Waals surface area contributed by atoms with Gasteiger partial charge in [0.15, 0.2) is 0 Å². The quantitative estimate of drug-likeness (QED) is 0.391. The molecule has 0 radical (unpaired) electrons. The van der Waals surface area contributed by atoms with E-state index < -0.39 is 0 Å². The van der Waals surface area contributed by atoms with Crippen molar-refractivity contribution < 1.29 is 9.53 Å². The maximum absolute atomic E-state index is 12.9. The van der Waals surface area contributed by atoms with Crippen LogP contribution in [0.2, 0.25) is 0 Å². The summed E-state index contributed by atoms with van der Waals surface area (Å²) in [6.07, 6.45) is 1.63. The Balaban J connectivity index is 1.29. The van der Waals surface area contributed by atoms with Crippen LogP contribution in [-0.4, -0.2) is 35.7 Å². The van der Waals surface area contributed by atoms with Crippen LogP contribution < -0.4 is 15.0 Å². The number of aromatic nitrogens is 2. The molecule has 5 rings (SSSR count). The minimum Gasteiger partial charge on any atom is -0.497 e. The Bertz CT molecular complexity index is 1370. The molecular weight excluding hydrogens is 448 g/mol. The van der Waals surface area contributed by atoms with Crippen molar-refractivity contribution in [3.05, 3.63) is 89.0 Å². The van der Waals surface area contributed by atoms with Gasteiger partial charge in [-0.05, 0) is 67.6 Å². The molecule has 6 heteroatoms. The van der Waals surface area contributed by atoms with Crippen LogP contribution in [0.3, 0.4) is 0 Å². The lowest BCUT2D eigenvalue weighted by Crippen LogP contribution is -2.41. The molecule has 0 bridgehead atoms. The number of carbonyl (C=O) groups excluding carboxylic acids is 1. The number of hydrogen-bond donors (Lipinski definition) is 1. The summed E-state index contributed by atoms with van der Waals surface area (Å²) in [6, 6.07) is 22.8. The van der Waals surface area contributed by atoms with Crippen molar-refractivity contribution in [1.82, 2.24) is 14.9 Å². The number of aryl methyl sites for hydroxylation is 2. The molecule has 2 heterocycles. The second kappa shape index (κ2) is 10.4. The molecule has 1 N–H and O–H groups in total. The van der Waals surface area contributed by atoms with Crippen LogP contribution in [0.1, 0.15) is 35.1 Å². The Kier molecular flexibility index (Phi) is 6.94. The fraction of sp³-hybridized carbons (Fsp3) is 0.333. The number of anilines is 1. The van der Waals surface area contributed by atoms with E-state index in [2.05, 4.69) is 65.0 Å². The lowest BCUT2D eigenvalue weighted by molar-refractivity contribution is -0.125. The van der Waals surface area contributed by atoms with Gasteiger partial charge >= 0.3 is 0 Å². The first-order valence-corrected chi connectivity index (χ1v) is 12.7. The van der Waals surface area contributed by atoms with Gasteiger partial charge in [-0.1, -0.05) is 48.0 Å². The minimum atomic E-state index is 0.0173. The molecule has 36 heavy (non-hydrogen) atoms. The third-order valence-electron chi connectivity index (χ3n) is 7.22. The van der Waals surface area contributed by atoms with Crippen LogP contribution in [0.25, 0.3) is 11.0 Å². The predicted molar refractivity (Wildman–Crippen MR) is 145 cm³/mol. The number of para-hydroxylation sites is 2. The smallest absolute Gasteiger partial charge is 0.223 e. The third kappa shape index (κ3) is 5.08. The number of fused-ring (bicyclic) bond motifs is 1.